The van der Waals surface area contributed by atoms with Crippen LogP contribution in [0.4, 0.5) is 5.69 Å². The third kappa shape index (κ3) is 3.57. The molecule has 1 aromatic heterocycles. The van der Waals surface area contributed by atoms with E-state index in [2.05, 4.69) is 10.2 Å². The number of nitro groups is 1. The summed E-state index contributed by atoms with van der Waals surface area (Å²) in [7, 11) is 1.46. The zero-order valence-electron chi connectivity index (χ0n) is 13.6. The summed E-state index contributed by atoms with van der Waals surface area (Å²) in [4.78, 5) is 10.4. The summed E-state index contributed by atoms with van der Waals surface area (Å²) < 4.78 is 16.5. The highest BCUT2D eigenvalue weighted by Crippen LogP contribution is 2.34. The van der Waals surface area contributed by atoms with Gasteiger partial charge in [0, 0.05) is 11.6 Å². The zero-order chi connectivity index (χ0) is 17.8. The van der Waals surface area contributed by atoms with Crippen molar-refractivity contribution >= 4 is 5.69 Å². The van der Waals surface area contributed by atoms with Gasteiger partial charge in [-0.05, 0) is 25.1 Å². The molecular formula is C17H15N3O5. The Morgan fingerprint density at radius 1 is 1.12 bits per heavy atom. The molecule has 0 aliphatic rings. The number of nitrogens with zero attached hydrogens (tertiary/aromatic N) is 3. The lowest BCUT2D eigenvalue weighted by Crippen LogP contribution is -2.05. The number of non-ortho nitro benzene ring substituents is 1. The van der Waals surface area contributed by atoms with Crippen molar-refractivity contribution in [2.45, 2.75) is 13.0 Å². The number of aromatic nitrogens is 2. The van der Waals surface area contributed by atoms with Crippen LogP contribution in [0.1, 0.15) is 18.9 Å². The second kappa shape index (κ2) is 7.00. The molecule has 25 heavy (non-hydrogen) atoms. The third-order valence-corrected chi connectivity index (χ3v) is 3.47. The fourth-order valence-corrected chi connectivity index (χ4v) is 2.21. The van der Waals surface area contributed by atoms with Crippen LogP contribution in [0.25, 0.3) is 11.5 Å². The fourth-order valence-electron chi connectivity index (χ4n) is 2.21. The van der Waals surface area contributed by atoms with Gasteiger partial charge in [-0.15, -0.1) is 10.2 Å². The number of rotatable bonds is 6. The molecule has 1 atom stereocenters. The van der Waals surface area contributed by atoms with Gasteiger partial charge in [0.2, 0.25) is 5.89 Å². The molecule has 1 heterocycles. The van der Waals surface area contributed by atoms with Crippen molar-refractivity contribution in [3.63, 3.8) is 0 Å². The van der Waals surface area contributed by atoms with Crippen LogP contribution < -0.4 is 9.47 Å². The molecule has 0 radical (unpaired) electrons. The lowest BCUT2D eigenvalue weighted by molar-refractivity contribution is -0.385. The molecule has 0 bridgehead atoms. The first-order chi connectivity index (χ1) is 12.1. The molecular weight excluding hydrogens is 326 g/mol. The molecule has 3 rings (SSSR count). The summed E-state index contributed by atoms with van der Waals surface area (Å²) in [5.74, 6) is 1.23. The van der Waals surface area contributed by atoms with E-state index in [-0.39, 0.29) is 17.3 Å². The average Bonchev–Trinajstić information content (AvgIpc) is 3.12. The van der Waals surface area contributed by atoms with Gasteiger partial charge >= 0.3 is 0 Å². The summed E-state index contributed by atoms with van der Waals surface area (Å²) in [5.41, 5.74) is 0.694. The molecule has 8 nitrogen and oxygen atoms in total. The van der Waals surface area contributed by atoms with E-state index in [1.54, 1.807) is 6.92 Å². The highest BCUT2D eigenvalue weighted by molar-refractivity contribution is 5.52. The van der Waals surface area contributed by atoms with E-state index in [4.69, 9.17) is 13.9 Å². The van der Waals surface area contributed by atoms with Gasteiger partial charge in [0.1, 0.15) is 0 Å². The highest BCUT2D eigenvalue weighted by atomic mass is 16.6. The van der Waals surface area contributed by atoms with E-state index in [1.165, 1.54) is 25.3 Å². The summed E-state index contributed by atoms with van der Waals surface area (Å²) in [6.45, 7) is 1.71. The molecule has 0 aliphatic heterocycles. The minimum atomic E-state index is -0.610. The zero-order valence-corrected chi connectivity index (χ0v) is 13.6. The van der Waals surface area contributed by atoms with Crippen molar-refractivity contribution in [3.05, 3.63) is 64.5 Å². The van der Waals surface area contributed by atoms with Gasteiger partial charge in [0.05, 0.1) is 18.1 Å². The van der Waals surface area contributed by atoms with Gasteiger partial charge in [-0.3, -0.25) is 10.1 Å². The Kier molecular flexibility index (Phi) is 4.60. The minimum Gasteiger partial charge on any atom is -0.493 e. The van der Waals surface area contributed by atoms with Gasteiger partial charge in [-0.1, -0.05) is 18.2 Å². The smallest absolute Gasteiger partial charge is 0.273 e. The Labute approximate surface area is 143 Å². The maximum atomic E-state index is 10.9. The topological polar surface area (TPSA) is 101 Å². The van der Waals surface area contributed by atoms with Crippen molar-refractivity contribution in [2.24, 2.45) is 0 Å². The van der Waals surface area contributed by atoms with Crippen LogP contribution >= 0.6 is 0 Å². The van der Waals surface area contributed by atoms with Gasteiger partial charge in [-0.25, -0.2) is 0 Å². The summed E-state index contributed by atoms with van der Waals surface area (Å²) in [6, 6.07) is 13.4. The van der Waals surface area contributed by atoms with Crippen molar-refractivity contribution in [1.29, 1.82) is 0 Å². The molecule has 0 N–H and O–H groups in total. The maximum Gasteiger partial charge on any atom is 0.273 e. The van der Waals surface area contributed by atoms with E-state index >= 15 is 0 Å². The summed E-state index contributed by atoms with van der Waals surface area (Å²) in [6.07, 6.45) is -0.610. The number of methoxy groups -OCH3 is 1. The van der Waals surface area contributed by atoms with E-state index in [0.717, 1.165) is 5.56 Å². The van der Waals surface area contributed by atoms with Gasteiger partial charge < -0.3 is 13.9 Å². The van der Waals surface area contributed by atoms with Crippen LogP contribution in [0.3, 0.4) is 0 Å². The molecule has 0 aliphatic carbocycles. The molecule has 2 aromatic carbocycles. The van der Waals surface area contributed by atoms with Gasteiger partial charge in [-0.2, -0.15) is 0 Å². The van der Waals surface area contributed by atoms with E-state index in [9.17, 15) is 10.1 Å². The number of ether oxygens (including phenoxy) is 2. The SMILES string of the molecule is COc1ccc([N+](=O)[O-])cc1O[C@H](C)c1nnc(-c2ccccc2)o1. The number of nitro benzene ring substituents is 1. The molecule has 8 heteroatoms. The second-order valence-electron chi connectivity index (χ2n) is 5.16. The van der Waals surface area contributed by atoms with Crippen molar-refractivity contribution in [2.75, 3.05) is 7.11 Å². The van der Waals surface area contributed by atoms with Gasteiger partial charge in [0.25, 0.3) is 11.6 Å². The Morgan fingerprint density at radius 2 is 1.88 bits per heavy atom. The van der Waals surface area contributed by atoms with Gasteiger partial charge in [0.15, 0.2) is 17.6 Å². The normalized spacial score (nSPS) is 11.8. The molecule has 0 unspecified atom stereocenters. The summed E-state index contributed by atoms with van der Waals surface area (Å²) >= 11 is 0. The number of hydrogen-bond donors (Lipinski definition) is 0. The predicted octanol–water partition coefficient (Wildman–Crippen LogP) is 3.79. The highest BCUT2D eigenvalue weighted by Gasteiger charge is 2.20. The van der Waals surface area contributed by atoms with Crippen LogP contribution in [0.15, 0.2) is 52.9 Å². The molecule has 128 valence electrons. The van der Waals surface area contributed by atoms with E-state index in [0.29, 0.717) is 11.6 Å². The lowest BCUT2D eigenvalue weighted by atomic mass is 10.2. The third-order valence-electron chi connectivity index (χ3n) is 3.47. The largest absolute Gasteiger partial charge is 0.493 e. The van der Waals surface area contributed by atoms with Crippen molar-refractivity contribution in [1.82, 2.24) is 10.2 Å². The molecule has 0 spiro atoms. The monoisotopic (exact) mass is 341 g/mol. The maximum absolute atomic E-state index is 10.9. The predicted molar refractivity (Wildman–Crippen MR) is 88.4 cm³/mol. The quantitative estimate of drug-likeness (QED) is 0.496. The lowest BCUT2D eigenvalue weighted by Gasteiger charge is -2.13. The van der Waals surface area contributed by atoms with E-state index < -0.39 is 11.0 Å². The Balaban J connectivity index is 1.83. The van der Waals surface area contributed by atoms with E-state index in [1.807, 2.05) is 30.3 Å². The standard InChI is InChI=1S/C17H15N3O5/c1-11(16-18-19-17(25-16)12-6-4-3-5-7-12)24-15-10-13(20(21)22)8-9-14(15)23-2/h3-11H,1-2H3/t11-/m1/s1. The Morgan fingerprint density at radius 3 is 2.56 bits per heavy atom. The molecule has 3 aromatic rings. The first-order valence-corrected chi connectivity index (χ1v) is 7.46. The first-order valence-electron chi connectivity index (χ1n) is 7.46. The number of hydrogen-bond acceptors (Lipinski definition) is 7. The second-order valence-corrected chi connectivity index (χ2v) is 5.16. The van der Waals surface area contributed by atoms with Crippen LogP contribution in [0.2, 0.25) is 0 Å². The van der Waals surface area contributed by atoms with Crippen LogP contribution in [-0.4, -0.2) is 22.2 Å². The van der Waals surface area contributed by atoms with Crippen LogP contribution in [0, 0.1) is 10.1 Å². The van der Waals surface area contributed by atoms with Crippen LogP contribution in [-0.2, 0) is 0 Å². The van der Waals surface area contributed by atoms with Crippen molar-refractivity contribution in [3.8, 4) is 23.0 Å². The summed E-state index contributed by atoms with van der Waals surface area (Å²) in [5, 5.41) is 18.9. The Bertz CT molecular complexity index is 879. The van der Waals surface area contributed by atoms with Crippen LogP contribution in [0.5, 0.6) is 11.5 Å². The first kappa shape index (κ1) is 16.4. The van der Waals surface area contributed by atoms with Crippen molar-refractivity contribution < 1.29 is 18.8 Å². The molecule has 0 amide bonds. The minimum absolute atomic E-state index is 0.0986. The Hall–Kier alpha value is -3.42. The molecule has 0 saturated heterocycles. The fraction of sp³-hybridized carbons (Fsp3) is 0.176. The molecule has 0 saturated carbocycles. The molecule has 0 fully saturated rings. The average molecular weight is 341 g/mol. The number of benzene rings is 2.